The number of aryl methyl sites for hydroxylation is 2. The maximum atomic E-state index is 13.6. The van der Waals surface area contributed by atoms with E-state index < -0.39 is 0 Å². The normalized spacial score (nSPS) is 13.7. The molecule has 124 valence electrons. The quantitative estimate of drug-likeness (QED) is 0.831. The summed E-state index contributed by atoms with van der Waals surface area (Å²) in [5.41, 5.74) is 4.06. The van der Waals surface area contributed by atoms with Crippen LogP contribution in [-0.4, -0.2) is 22.8 Å². The minimum atomic E-state index is -0.240. The Labute approximate surface area is 145 Å². The Bertz CT molecular complexity index is 851. The number of thiazole rings is 1. The predicted octanol–water partition coefficient (Wildman–Crippen LogP) is 4.27. The fourth-order valence-corrected chi connectivity index (χ4v) is 3.30. The molecule has 24 heavy (non-hydrogen) atoms. The van der Waals surface area contributed by atoms with Crippen LogP contribution in [0.15, 0.2) is 41.3 Å². The highest BCUT2D eigenvalue weighted by atomic mass is 32.1. The summed E-state index contributed by atoms with van der Waals surface area (Å²) < 4.78 is 13.6. The van der Waals surface area contributed by atoms with Gasteiger partial charge in [-0.05, 0) is 49.1 Å². The maximum Gasteiger partial charge on any atom is 0.250 e. The molecule has 1 heterocycles. The highest BCUT2D eigenvalue weighted by molar-refractivity contribution is 7.09. The Balaban J connectivity index is 1.69. The Morgan fingerprint density at radius 2 is 2.17 bits per heavy atom. The molecule has 2 aromatic rings. The van der Waals surface area contributed by atoms with Gasteiger partial charge in [-0.1, -0.05) is 18.2 Å². The number of aromatic nitrogens is 1. The number of likely N-dealkylation sites (N-methyl/N-ethyl adjacent to an activating group) is 1. The van der Waals surface area contributed by atoms with Gasteiger partial charge in [0.05, 0.1) is 10.7 Å². The standard InChI is InChI=1S/C19H19FN2OS/c1-12-4-5-14(8-17(12)20)10-22(3)19(23)16-7-6-15(9-16)18-11-24-13(2)21-18/h4-6,8-9,11H,7,10H2,1-3H3. The van der Waals surface area contributed by atoms with Crippen molar-refractivity contribution in [3.05, 3.63) is 68.9 Å². The molecule has 0 unspecified atom stereocenters. The number of halogens is 1. The third kappa shape index (κ3) is 3.46. The van der Waals surface area contributed by atoms with Gasteiger partial charge in [-0.2, -0.15) is 0 Å². The third-order valence-corrected chi connectivity index (χ3v) is 4.84. The topological polar surface area (TPSA) is 33.2 Å². The fraction of sp³-hybridized carbons (Fsp3) is 0.263. The van der Waals surface area contributed by atoms with Gasteiger partial charge in [0.1, 0.15) is 5.82 Å². The molecule has 1 aliphatic rings. The number of rotatable bonds is 4. The largest absolute Gasteiger partial charge is 0.338 e. The number of hydrogen-bond donors (Lipinski definition) is 0. The second kappa shape index (κ2) is 6.69. The van der Waals surface area contributed by atoms with E-state index >= 15 is 0 Å². The van der Waals surface area contributed by atoms with Crippen molar-refractivity contribution in [2.45, 2.75) is 26.8 Å². The van der Waals surface area contributed by atoms with Crippen LogP contribution in [0.2, 0.25) is 0 Å². The molecule has 0 bridgehead atoms. The van der Waals surface area contributed by atoms with E-state index in [0.717, 1.165) is 27.4 Å². The smallest absolute Gasteiger partial charge is 0.250 e. The first-order chi connectivity index (χ1) is 11.4. The molecule has 3 nitrogen and oxygen atoms in total. The molecule has 1 aromatic carbocycles. The molecule has 0 saturated heterocycles. The Hall–Kier alpha value is -2.27. The second-order valence-corrected chi connectivity index (χ2v) is 7.09. The number of carbonyl (C=O) groups excluding carboxylic acids is 1. The molecule has 1 aromatic heterocycles. The van der Waals surface area contributed by atoms with Gasteiger partial charge >= 0.3 is 0 Å². The lowest BCUT2D eigenvalue weighted by atomic mass is 10.1. The molecular weight excluding hydrogens is 323 g/mol. The summed E-state index contributed by atoms with van der Waals surface area (Å²) in [5, 5.41) is 3.02. The van der Waals surface area contributed by atoms with Crippen LogP contribution in [0.3, 0.4) is 0 Å². The third-order valence-electron chi connectivity index (χ3n) is 4.06. The van der Waals surface area contributed by atoms with E-state index in [-0.39, 0.29) is 11.7 Å². The average molecular weight is 342 g/mol. The molecule has 0 N–H and O–H groups in total. The molecule has 5 heteroatoms. The van der Waals surface area contributed by atoms with Crippen molar-refractivity contribution in [3.63, 3.8) is 0 Å². The Morgan fingerprint density at radius 1 is 1.38 bits per heavy atom. The number of amides is 1. The van der Waals surface area contributed by atoms with Crippen LogP contribution in [-0.2, 0) is 11.3 Å². The molecule has 1 aliphatic carbocycles. The number of carbonyl (C=O) groups is 1. The van der Waals surface area contributed by atoms with Crippen LogP contribution >= 0.6 is 11.3 Å². The zero-order valence-electron chi connectivity index (χ0n) is 14.0. The van der Waals surface area contributed by atoms with Crippen molar-refractivity contribution in [1.29, 1.82) is 0 Å². The molecule has 0 radical (unpaired) electrons. The van der Waals surface area contributed by atoms with Crippen molar-refractivity contribution in [3.8, 4) is 0 Å². The van der Waals surface area contributed by atoms with E-state index in [2.05, 4.69) is 4.98 Å². The minimum Gasteiger partial charge on any atom is -0.338 e. The van der Waals surface area contributed by atoms with E-state index in [9.17, 15) is 9.18 Å². The summed E-state index contributed by atoms with van der Waals surface area (Å²) in [6.45, 7) is 4.08. The van der Waals surface area contributed by atoms with E-state index in [1.807, 2.05) is 30.5 Å². The molecule has 0 fully saturated rings. The highest BCUT2D eigenvalue weighted by Crippen LogP contribution is 2.28. The summed E-state index contributed by atoms with van der Waals surface area (Å²) in [6, 6.07) is 5.08. The zero-order valence-corrected chi connectivity index (χ0v) is 14.8. The SMILES string of the molecule is Cc1nc(C2=CCC(C(=O)N(C)Cc3ccc(C)c(F)c3)=C2)cs1. The van der Waals surface area contributed by atoms with Crippen molar-refractivity contribution in [2.24, 2.45) is 0 Å². The van der Waals surface area contributed by atoms with Crippen molar-refractivity contribution < 1.29 is 9.18 Å². The average Bonchev–Trinajstić information content (AvgIpc) is 3.19. The molecule has 3 rings (SSSR count). The van der Waals surface area contributed by atoms with E-state index in [1.54, 1.807) is 36.3 Å². The van der Waals surface area contributed by atoms with Crippen LogP contribution in [0, 0.1) is 19.7 Å². The van der Waals surface area contributed by atoms with Crippen molar-refractivity contribution in [1.82, 2.24) is 9.88 Å². The van der Waals surface area contributed by atoms with Gasteiger partial charge in [-0.25, -0.2) is 9.37 Å². The van der Waals surface area contributed by atoms with Crippen LogP contribution in [0.4, 0.5) is 4.39 Å². The number of nitrogens with zero attached hydrogens (tertiary/aromatic N) is 2. The van der Waals surface area contributed by atoms with Crippen LogP contribution in [0.25, 0.3) is 5.57 Å². The number of hydrogen-bond acceptors (Lipinski definition) is 3. The minimum absolute atomic E-state index is 0.0332. The molecule has 0 saturated carbocycles. The van der Waals surface area contributed by atoms with Gasteiger partial charge in [0.25, 0.3) is 0 Å². The Kier molecular flexibility index (Phi) is 4.62. The van der Waals surface area contributed by atoms with Gasteiger partial charge < -0.3 is 4.90 Å². The highest BCUT2D eigenvalue weighted by Gasteiger charge is 2.20. The summed E-state index contributed by atoms with van der Waals surface area (Å²) >= 11 is 1.60. The fourth-order valence-electron chi connectivity index (χ4n) is 2.67. The zero-order chi connectivity index (χ0) is 17.3. The van der Waals surface area contributed by atoms with Gasteiger partial charge in [-0.3, -0.25) is 4.79 Å². The molecule has 0 atom stereocenters. The number of allylic oxidation sites excluding steroid dienone is 3. The van der Waals surface area contributed by atoms with E-state index in [4.69, 9.17) is 0 Å². The summed E-state index contributed by atoms with van der Waals surface area (Å²) in [7, 11) is 1.74. The monoisotopic (exact) mass is 342 g/mol. The van der Waals surface area contributed by atoms with E-state index in [0.29, 0.717) is 18.5 Å². The van der Waals surface area contributed by atoms with Crippen LogP contribution in [0.1, 0.15) is 28.2 Å². The lowest BCUT2D eigenvalue weighted by Crippen LogP contribution is -2.27. The summed E-state index contributed by atoms with van der Waals surface area (Å²) in [6.07, 6.45) is 4.54. The first kappa shape index (κ1) is 16.6. The molecule has 0 spiro atoms. The van der Waals surface area contributed by atoms with Gasteiger partial charge in [-0.15, -0.1) is 11.3 Å². The molecule has 1 amide bonds. The van der Waals surface area contributed by atoms with Gasteiger partial charge in [0.15, 0.2) is 0 Å². The van der Waals surface area contributed by atoms with Gasteiger partial charge in [0, 0.05) is 24.5 Å². The van der Waals surface area contributed by atoms with Gasteiger partial charge in [0.2, 0.25) is 5.91 Å². The number of benzene rings is 1. The molecule has 0 aliphatic heterocycles. The predicted molar refractivity (Wildman–Crippen MR) is 95.1 cm³/mol. The van der Waals surface area contributed by atoms with Crippen LogP contribution in [0.5, 0.6) is 0 Å². The van der Waals surface area contributed by atoms with Crippen molar-refractivity contribution in [2.75, 3.05) is 7.05 Å². The van der Waals surface area contributed by atoms with Crippen LogP contribution < -0.4 is 0 Å². The molecular formula is C19H19FN2OS. The first-order valence-corrected chi connectivity index (χ1v) is 8.65. The van der Waals surface area contributed by atoms with Crippen molar-refractivity contribution >= 4 is 22.8 Å². The summed E-state index contributed by atoms with van der Waals surface area (Å²) in [5.74, 6) is -0.273. The second-order valence-electron chi connectivity index (χ2n) is 6.03. The first-order valence-electron chi connectivity index (χ1n) is 7.78. The Morgan fingerprint density at radius 3 is 2.83 bits per heavy atom. The van der Waals surface area contributed by atoms with E-state index in [1.165, 1.54) is 6.07 Å². The lowest BCUT2D eigenvalue weighted by molar-refractivity contribution is -0.126. The lowest BCUT2D eigenvalue weighted by Gasteiger charge is -2.18. The summed E-state index contributed by atoms with van der Waals surface area (Å²) in [4.78, 5) is 18.7. The maximum absolute atomic E-state index is 13.6.